The molecule has 1 N–H and O–H groups in total. The Kier molecular flexibility index (Phi) is 7.97. The zero-order valence-electron chi connectivity index (χ0n) is 18.1. The van der Waals surface area contributed by atoms with Crippen LogP contribution in [0.4, 0.5) is 0 Å². The highest BCUT2D eigenvalue weighted by atomic mass is 16.5. The zero-order valence-corrected chi connectivity index (χ0v) is 18.1. The molecule has 30 heavy (non-hydrogen) atoms. The first-order chi connectivity index (χ1) is 14.6. The van der Waals surface area contributed by atoms with Crippen LogP contribution in [0.2, 0.25) is 0 Å². The van der Waals surface area contributed by atoms with Crippen LogP contribution in [0, 0.1) is 0 Å². The summed E-state index contributed by atoms with van der Waals surface area (Å²) in [5, 5.41) is 3.14. The summed E-state index contributed by atoms with van der Waals surface area (Å²) in [5.41, 5.74) is 2.09. The highest BCUT2D eigenvalue weighted by Crippen LogP contribution is 2.28. The van der Waals surface area contributed by atoms with Crippen LogP contribution in [-0.2, 0) is 11.2 Å². The van der Waals surface area contributed by atoms with E-state index in [1.807, 2.05) is 30.3 Å². The minimum absolute atomic E-state index is 0.00209. The zero-order chi connectivity index (χ0) is 21.3. The first-order valence-electron chi connectivity index (χ1n) is 10.5. The molecule has 0 aliphatic carbocycles. The Labute approximate surface area is 179 Å². The Morgan fingerprint density at radius 3 is 2.27 bits per heavy atom. The van der Waals surface area contributed by atoms with Gasteiger partial charge in [-0.15, -0.1) is 0 Å². The van der Waals surface area contributed by atoms with E-state index < -0.39 is 0 Å². The molecular formula is C24H32N2O4. The smallest absolute Gasteiger partial charge is 0.224 e. The number of carbonyl (C=O) groups excluding carboxylic acids is 1. The molecule has 6 nitrogen and oxygen atoms in total. The Morgan fingerprint density at radius 1 is 0.933 bits per heavy atom. The summed E-state index contributed by atoms with van der Waals surface area (Å²) in [4.78, 5) is 15.1. The van der Waals surface area contributed by atoms with Gasteiger partial charge in [-0.25, -0.2) is 0 Å². The number of ether oxygens (including phenoxy) is 3. The van der Waals surface area contributed by atoms with Crippen molar-refractivity contribution in [1.82, 2.24) is 10.2 Å². The van der Waals surface area contributed by atoms with Gasteiger partial charge in [-0.05, 0) is 61.3 Å². The number of amides is 1. The number of hydrogen-bond acceptors (Lipinski definition) is 5. The highest BCUT2D eigenvalue weighted by Gasteiger charge is 2.23. The molecule has 1 aliphatic heterocycles. The number of carbonyl (C=O) groups is 1. The average Bonchev–Trinajstić information content (AvgIpc) is 2.80. The van der Waals surface area contributed by atoms with Crippen LogP contribution < -0.4 is 19.5 Å². The van der Waals surface area contributed by atoms with Gasteiger partial charge in [-0.1, -0.05) is 24.6 Å². The standard InChI is InChI=1S/C24H32N2O4/c1-28-20-10-8-19(9-11-20)21(26-13-5-4-6-14-26)17-25-24(27)16-18-7-12-22(29-2)23(15-18)30-3/h7-12,15,21H,4-6,13-14,16-17H2,1-3H3,(H,25,27). The van der Waals surface area contributed by atoms with E-state index >= 15 is 0 Å². The lowest BCUT2D eigenvalue weighted by Crippen LogP contribution is -2.41. The Balaban J connectivity index is 1.66. The van der Waals surface area contributed by atoms with Gasteiger partial charge < -0.3 is 19.5 Å². The summed E-state index contributed by atoms with van der Waals surface area (Å²) >= 11 is 0. The van der Waals surface area contributed by atoms with Crippen molar-refractivity contribution in [2.45, 2.75) is 31.7 Å². The van der Waals surface area contributed by atoms with Crippen molar-refractivity contribution >= 4 is 5.91 Å². The van der Waals surface area contributed by atoms with E-state index in [0.717, 1.165) is 24.4 Å². The fourth-order valence-corrected chi connectivity index (χ4v) is 3.96. The number of nitrogens with one attached hydrogen (secondary N) is 1. The van der Waals surface area contributed by atoms with Crippen LogP contribution in [0.5, 0.6) is 17.2 Å². The molecule has 0 saturated carbocycles. The van der Waals surface area contributed by atoms with Crippen molar-refractivity contribution in [1.29, 1.82) is 0 Å². The largest absolute Gasteiger partial charge is 0.497 e. The summed E-state index contributed by atoms with van der Waals surface area (Å²) in [5.74, 6) is 2.13. The van der Waals surface area contributed by atoms with Crippen molar-refractivity contribution in [2.24, 2.45) is 0 Å². The normalized spacial score (nSPS) is 15.3. The minimum Gasteiger partial charge on any atom is -0.497 e. The van der Waals surface area contributed by atoms with Gasteiger partial charge in [0.2, 0.25) is 5.91 Å². The number of benzene rings is 2. The predicted octanol–water partition coefficient (Wildman–Crippen LogP) is 3.60. The Bertz CT molecular complexity index is 816. The van der Waals surface area contributed by atoms with Gasteiger partial charge in [-0.3, -0.25) is 9.69 Å². The molecule has 162 valence electrons. The molecule has 3 rings (SSSR count). The maximum Gasteiger partial charge on any atom is 0.224 e. The van der Waals surface area contributed by atoms with Gasteiger partial charge in [0.05, 0.1) is 33.8 Å². The number of piperidine rings is 1. The van der Waals surface area contributed by atoms with E-state index in [1.165, 1.54) is 24.8 Å². The SMILES string of the molecule is COc1ccc(C(CNC(=O)Cc2ccc(OC)c(OC)c2)N2CCCCC2)cc1. The summed E-state index contributed by atoms with van der Waals surface area (Å²) in [6.07, 6.45) is 3.98. The molecule has 2 aromatic rings. The maximum absolute atomic E-state index is 12.7. The molecular weight excluding hydrogens is 380 g/mol. The first-order valence-corrected chi connectivity index (χ1v) is 10.5. The van der Waals surface area contributed by atoms with Crippen molar-refractivity contribution < 1.29 is 19.0 Å². The molecule has 1 amide bonds. The fraction of sp³-hybridized carbons (Fsp3) is 0.458. The van der Waals surface area contributed by atoms with E-state index in [1.54, 1.807) is 21.3 Å². The van der Waals surface area contributed by atoms with Crippen LogP contribution in [0.25, 0.3) is 0 Å². The summed E-state index contributed by atoms with van der Waals surface area (Å²) in [7, 11) is 4.87. The van der Waals surface area contributed by atoms with Crippen molar-refractivity contribution in [3.63, 3.8) is 0 Å². The quantitative estimate of drug-likeness (QED) is 0.682. The van der Waals surface area contributed by atoms with Crippen LogP contribution >= 0.6 is 0 Å². The maximum atomic E-state index is 12.7. The highest BCUT2D eigenvalue weighted by molar-refractivity contribution is 5.78. The van der Waals surface area contributed by atoms with E-state index in [2.05, 4.69) is 22.3 Å². The molecule has 1 aliphatic rings. The second-order valence-electron chi connectivity index (χ2n) is 7.56. The van der Waals surface area contributed by atoms with Gasteiger partial charge in [0.25, 0.3) is 0 Å². The molecule has 0 radical (unpaired) electrons. The lowest BCUT2D eigenvalue weighted by Gasteiger charge is -2.35. The summed E-state index contributed by atoms with van der Waals surface area (Å²) < 4.78 is 15.9. The molecule has 0 spiro atoms. The lowest BCUT2D eigenvalue weighted by molar-refractivity contribution is -0.120. The second-order valence-corrected chi connectivity index (χ2v) is 7.56. The number of rotatable bonds is 9. The van der Waals surface area contributed by atoms with Crippen LogP contribution in [0.1, 0.15) is 36.4 Å². The molecule has 1 unspecified atom stereocenters. The van der Waals surface area contributed by atoms with Gasteiger partial charge in [0, 0.05) is 6.54 Å². The number of methoxy groups -OCH3 is 3. The molecule has 1 saturated heterocycles. The van der Waals surface area contributed by atoms with Crippen molar-refractivity contribution in [3.8, 4) is 17.2 Å². The molecule has 1 atom stereocenters. The van der Waals surface area contributed by atoms with E-state index in [-0.39, 0.29) is 11.9 Å². The second kappa shape index (κ2) is 10.9. The Hall–Kier alpha value is -2.73. The van der Waals surface area contributed by atoms with E-state index in [9.17, 15) is 4.79 Å². The molecule has 2 aromatic carbocycles. The lowest BCUT2D eigenvalue weighted by atomic mass is 10.0. The van der Waals surface area contributed by atoms with Gasteiger partial charge >= 0.3 is 0 Å². The first kappa shape index (κ1) is 22.0. The number of nitrogens with zero attached hydrogens (tertiary/aromatic N) is 1. The van der Waals surface area contributed by atoms with Gasteiger partial charge in [-0.2, -0.15) is 0 Å². The van der Waals surface area contributed by atoms with E-state index in [0.29, 0.717) is 24.5 Å². The third-order valence-electron chi connectivity index (χ3n) is 5.64. The fourth-order valence-electron chi connectivity index (χ4n) is 3.96. The molecule has 0 aromatic heterocycles. The third-order valence-corrected chi connectivity index (χ3v) is 5.64. The average molecular weight is 413 g/mol. The predicted molar refractivity (Wildman–Crippen MR) is 117 cm³/mol. The molecule has 6 heteroatoms. The number of likely N-dealkylation sites (tertiary alicyclic amines) is 1. The van der Waals surface area contributed by atoms with Gasteiger partial charge in [0.15, 0.2) is 11.5 Å². The van der Waals surface area contributed by atoms with Crippen molar-refractivity contribution in [2.75, 3.05) is 41.0 Å². The summed E-state index contributed by atoms with van der Waals surface area (Å²) in [6, 6.07) is 13.9. The van der Waals surface area contributed by atoms with Gasteiger partial charge in [0.1, 0.15) is 5.75 Å². The molecule has 0 bridgehead atoms. The Morgan fingerprint density at radius 2 is 1.63 bits per heavy atom. The summed E-state index contributed by atoms with van der Waals surface area (Å²) in [6.45, 7) is 2.70. The number of hydrogen-bond donors (Lipinski definition) is 1. The van der Waals surface area contributed by atoms with Crippen LogP contribution in [0.3, 0.4) is 0 Å². The third kappa shape index (κ3) is 5.66. The monoisotopic (exact) mass is 412 g/mol. The van der Waals surface area contributed by atoms with Crippen LogP contribution in [0.15, 0.2) is 42.5 Å². The van der Waals surface area contributed by atoms with Crippen LogP contribution in [-0.4, -0.2) is 51.8 Å². The topological polar surface area (TPSA) is 60.0 Å². The van der Waals surface area contributed by atoms with Crippen molar-refractivity contribution in [3.05, 3.63) is 53.6 Å². The minimum atomic E-state index is -0.00209. The van der Waals surface area contributed by atoms with E-state index in [4.69, 9.17) is 14.2 Å². The molecule has 1 fully saturated rings. The molecule has 1 heterocycles.